The van der Waals surface area contributed by atoms with Gasteiger partial charge >= 0.3 is 0 Å². The van der Waals surface area contributed by atoms with E-state index in [-0.39, 0.29) is 11.4 Å². The lowest BCUT2D eigenvalue weighted by atomic mass is 10.0. The van der Waals surface area contributed by atoms with Crippen molar-refractivity contribution in [3.8, 4) is 11.1 Å². The maximum absolute atomic E-state index is 13.4. The molecule has 0 unspecified atom stereocenters. The third-order valence-corrected chi connectivity index (χ3v) is 3.37. The lowest BCUT2D eigenvalue weighted by Crippen LogP contribution is -1.91. The first-order valence-corrected chi connectivity index (χ1v) is 7.30. The van der Waals surface area contributed by atoms with Crippen LogP contribution in [0.2, 0.25) is 0 Å². The Labute approximate surface area is 134 Å². The van der Waals surface area contributed by atoms with Gasteiger partial charge < -0.3 is 4.84 Å². The van der Waals surface area contributed by atoms with Crippen molar-refractivity contribution in [1.29, 1.82) is 0 Å². The van der Waals surface area contributed by atoms with E-state index in [4.69, 9.17) is 4.84 Å². The molecule has 1 radical (unpaired) electrons. The minimum atomic E-state index is -0.370. The van der Waals surface area contributed by atoms with Gasteiger partial charge in [-0.3, -0.25) is 0 Å². The predicted octanol–water partition coefficient (Wildman–Crippen LogP) is 4.92. The van der Waals surface area contributed by atoms with Gasteiger partial charge in [-0.2, -0.15) is 0 Å². The summed E-state index contributed by atoms with van der Waals surface area (Å²) in [5.74, 6) is -0.370. The van der Waals surface area contributed by atoms with E-state index < -0.39 is 0 Å². The van der Waals surface area contributed by atoms with E-state index in [9.17, 15) is 4.39 Å². The number of rotatable bonds is 5. The van der Waals surface area contributed by atoms with Crippen molar-refractivity contribution in [2.24, 2.45) is 5.16 Å². The maximum Gasteiger partial charge on any atom is 0.142 e. The summed E-state index contributed by atoms with van der Waals surface area (Å²) in [5, 5.41) is 3.71. The van der Waals surface area contributed by atoms with Crippen molar-refractivity contribution in [2.45, 2.75) is 6.61 Å². The van der Waals surface area contributed by atoms with Crippen molar-refractivity contribution in [2.75, 3.05) is 0 Å². The van der Waals surface area contributed by atoms with Gasteiger partial charge in [0.05, 0.1) is 0 Å². The van der Waals surface area contributed by atoms with Gasteiger partial charge in [-0.1, -0.05) is 65.8 Å². The first-order chi connectivity index (χ1) is 11.3. The molecule has 0 atom stereocenters. The maximum atomic E-state index is 13.4. The molecule has 0 fully saturated rings. The molecular formula is C20H15FNO. The van der Waals surface area contributed by atoms with Gasteiger partial charge in [0.2, 0.25) is 0 Å². The van der Waals surface area contributed by atoms with E-state index in [0.717, 1.165) is 16.7 Å². The molecule has 3 heteroatoms. The summed E-state index contributed by atoms with van der Waals surface area (Å²) in [6, 6.07) is 24.5. The quantitative estimate of drug-likeness (QED) is 0.484. The second kappa shape index (κ2) is 7.36. The fourth-order valence-electron chi connectivity index (χ4n) is 2.21. The molecule has 0 saturated carbocycles. The molecule has 3 rings (SSSR count). The van der Waals surface area contributed by atoms with Crippen LogP contribution in [0.15, 0.2) is 84.0 Å². The number of hydrogen-bond acceptors (Lipinski definition) is 2. The summed E-state index contributed by atoms with van der Waals surface area (Å²) >= 11 is 0. The highest BCUT2D eigenvalue weighted by Crippen LogP contribution is 2.20. The van der Waals surface area contributed by atoms with Crippen molar-refractivity contribution < 1.29 is 9.23 Å². The van der Waals surface area contributed by atoms with E-state index in [1.54, 1.807) is 18.2 Å². The first kappa shape index (κ1) is 15.0. The fraction of sp³-hybridized carbons (Fsp3) is 0.0500. The fourth-order valence-corrected chi connectivity index (χ4v) is 2.21. The highest BCUT2D eigenvalue weighted by Gasteiger charge is 2.00. The molecule has 3 aromatic rings. The smallest absolute Gasteiger partial charge is 0.142 e. The van der Waals surface area contributed by atoms with E-state index in [1.807, 2.05) is 42.5 Å². The standard InChI is InChI=1S/C20H15FNO/c21-20-12-5-4-10-19(20)14-22-23-15-16-7-6-11-18(13-16)17-8-2-1-3-9-17/h1-13H,15H2. The average molecular weight is 304 g/mol. The molecule has 23 heavy (non-hydrogen) atoms. The number of hydrogen-bond donors (Lipinski definition) is 0. The van der Waals surface area contributed by atoms with Crippen LogP contribution in [0, 0.1) is 5.82 Å². The zero-order chi connectivity index (χ0) is 15.9. The Bertz CT molecular complexity index is 800. The molecule has 0 N–H and O–H groups in total. The minimum Gasteiger partial charge on any atom is -0.390 e. The van der Waals surface area contributed by atoms with Crippen LogP contribution in [-0.4, -0.2) is 6.21 Å². The van der Waals surface area contributed by atoms with Gasteiger partial charge in [-0.15, -0.1) is 0 Å². The molecular weight excluding hydrogens is 289 g/mol. The van der Waals surface area contributed by atoms with Gasteiger partial charge in [0.1, 0.15) is 18.6 Å². The third kappa shape index (κ3) is 4.04. The molecule has 0 bridgehead atoms. The monoisotopic (exact) mass is 304 g/mol. The number of halogens is 1. The lowest BCUT2D eigenvalue weighted by molar-refractivity contribution is 0.132. The van der Waals surface area contributed by atoms with Crippen LogP contribution in [0.5, 0.6) is 0 Å². The Morgan fingerprint density at radius 3 is 2.39 bits per heavy atom. The minimum absolute atomic E-state index is 0.283. The summed E-state index contributed by atoms with van der Waals surface area (Å²) in [5.41, 5.74) is 3.54. The summed E-state index contributed by atoms with van der Waals surface area (Å²) in [6.45, 7) is 0.308. The molecule has 113 valence electrons. The SMILES string of the molecule is Fc1ccccc1/[C]=N\OCc1cccc(-c2ccccc2)c1. The van der Waals surface area contributed by atoms with Gasteiger partial charge in [0, 0.05) is 5.56 Å². The van der Waals surface area contributed by atoms with Crippen LogP contribution in [0.25, 0.3) is 11.1 Å². The van der Waals surface area contributed by atoms with Crippen LogP contribution in [0.3, 0.4) is 0 Å². The third-order valence-electron chi connectivity index (χ3n) is 3.37. The van der Waals surface area contributed by atoms with Crippen molar-refractivity contribution in [1.82, 2.24) is 0 Å². The van der Waals surface area contributed by atoms with E-state index in [2.05, 4.69) is 23.5 Å². The molecule has 0 heterocycles. The van der Waals surface area contributed by atoms with Crippen LogP contribution in [0.4, 0.5) is 4.39 Å². The molecule has 3 aromatic carbocycles. The second-order valence-electron chi connectivity index (χ2n) is 5.02. The highest BCUT2D eigenvalue weighted by molar-refractivity contribution is 5.79. The molecule has 0 amide bonds. The number of benzene rings is 3. The van der Waals surface area contributed by atoms with Crippen LogP contribution < -0.4 is 0 Å². The summed E-state index contributed by atoms with van der Waals surface area (Å²) in [7, 11) is 0. The van der Waals surface area contributed by atoms with Gasteiger partial charge in [0.15, 0.2) is 0 Å². The molecule has 0 aliphatic rings. The summed E-state index contributed by atoms with van der Waals surface area (Å²) in [6.07, 6.45) is 2.56. The topological polar surface area (TPSA) is 21.6 Å². The second-order valence-corrected chi connectivity index (χ2v) is 5.02. The van der Waals surface area contributed by atoms with Gasteiger partial charge in [0.25, 0.3) is 0 Å². The largest absolute Gasteiger partial charge is 0.390 e. The molecule has 0 aromatic heterocycles. The van der Waals surface area contributed by atoms with E-state index in [0.29, 0.717) is 6.61 Å². The van der Waals surface area contributed by atoms with Crippen LogP contribution in [0.1, 0.15) is 11.1 Å². The predicted molar refractivity (Wildman–Crippen MR) is 89.6 cm³/mol. The van der Waals surface area contributed by atoms with Gasteiger partial charge in [-0.05, 0) is 34.9 Å². The zero-order valence-electron chi connectivity index (χ0n) is 12.4. The zero-order valence-corrected chi connectivity index (χ0v) is 12.4. The van der Waals surface area contributed by atoms with E-state index >= 15 is 0 Å². The van der Waals surface area contributed by atoms with Crippen molar-refractivity contribution in [3.05, 3.63) is 95.8 Å². The average Bonchev–Trinajstić information content (AvgIpc) is 2.61. The Morgan fingerprint density at radius 1 is 0.826 bits per heavy atom. The summed E-state index contributed by atoms with van der Waals surface area (Å²) in [4.78, 5) is 5.22. The van der Waals surface area contributed by atoms with Crippen molar-refractivity contribution >= 4 is 6.21 Å². The molecule has 2 nitrogen and oxygen atoms in total. The molecule has 0 saturated heterocycles. The number of nitrogens with zero attached hydrogens (tertiary/aromatic N) is 1. The molecule has 0 aliphatic heterocycles. The molecule has 0 spiro atoms. The summed E-state index contributed by atoms with van der Waals surface area (Å²) < 4.78 is 13.4. The highest BCUT2D eigenvalue weighted by atomic mass is 19.1. The lowest BCUT2D eigenvalue weighted by Gasteiger charge is -2.04. The Kier molecular flexibility index (Phi) is 4.79. The van der Waals surface area contributed by atoms with Crippen LogP contribution >= 0.6 is 0 Å². The Morgan fingerprint density at radius 2 is 1.57 bits per heavy atom. The Hall–Kier alpha value is -2.94. The molecule has 0 aliphatic carbocycles. The normalized spacial score (nSPS) is 10.8. The van der Waals surface area contributed by atoms with Crippen LogP contribution in [-0.2, 0) is 11.4 Å². The van der Waals surface area contributed by atoms with Crippen molar-refractivity contribution in [3.63, 3.8) is 0 Å². The van der Waals surface area contributed by atoms with E-state index in [1.165, 1.54) is 6.07 Å². The first-order valence-electron chi connectivity index (χ1n) is 7.30. The Balaban J connectivity index is 1.64. The van der Waals surface area contributed by atoms with Gasteiger partial charge in [-0.25, -0.2) is 4.39 Å².